The Kier molecular flexibility index (Phi) is 5.26. The fraction of sp³-hybridized carbons (Fsp3) is 0.188. The highest BCUT2D eigenvalue weighted by Gasteiger charge is 2.10. The number of rotatable bonds is 6. The molecule has 0 N–H and O–H groups in total. The molecule has 0 saturated carbocycles. The molecule has 0 fully saturated rings. The topological polar surface area (TPSA) is 30.8 Å². The van der Waals surface area contributed by atoms with E-state index in [2.05, 4.69) is 5.16 Å². The highest BCUT2D eigenvalue weighted by molar-refractivity contribution is 5.81. The minimum Gasteiger partial charge on any atom is -0.496 e. The molecule has 3 nitrogen and oxygen atoms in total. The van der Waals surface area contributed by atoms with Crippen molar-refractivity contribution in [1.29, 1.82) is 0 Å². The van der Waals surface area contributed by atoms with E-state index >= 15 is 0 Å². The van der Waals surface area contributed by atoms with Gasteiger partial charge in [0.1, 0.15) is 12.4 Å². The third kappa shape index (κ3) is 4.02. The smallest absolute Gasteiger partial charge is 0.264 e. The molecule has 0 saturated heterocycles. The molecular formula is C16H15F2NO2. The van der Waals surface area contributed by atoms with Gasteiger partial charge in [0.15, 0.2) is 0 Å². The van der Waals surface area contributed by atoms with Gasteiger partial charge in [0.2, 0.25) is 0 Å². The van der Waals surface area contributed by atoms with Crippen LogP contribution in [0.15, 0.2) is 53.7 Å². The summed E-state index contributed by atoms with van der Waals surface area (Å²) in [5.41, 5.74) is 1.11. The van der Waals surface area contributed by atoms with Crippen LogP contribution in [-0.2, 0) is 11.4 Å². The van der Waals surface area contributed by atoms with Gasteiger partial charge in [0.25, 0.3) is 6.43 Å². The zero-order valence-corrected chi connectivity index (χ0v) is 11.5. The van der Waals surface area contributed by atoms with Crippen LogP contribution in [0.1, 0.15) is 23.1 Å². The zero-order valence-electron chi connectivity index (χ0n) is 11.5. The van der Waals surface area contributed by atoms with E-state index in [1.54, 1.807) is 25.3 Å². The number of hydrogen-bond acceptors (Lipinski definition) is 3. The van der Waals surface area contributed by atoms with Crippen LogP contribution in [0.4, 0.5) is 8.78 Å². The van der Waals surface area contributed by atoms with E-state index in [-0.39, 0.29) is 12.2 Å². The second-order valence-corrected chi connectivity index (χ2v) is 4.25. The van der Waals surface area contributed by atoms with Crippen molar-refractivity contribution in [1.82, 2.24) is 0 Å². The summed E-state index contributed by atoms with van der Waals surface area (Å²) in [6.07, 6.45) is -1.25. The number of benzene rings is 2. The van der Waals surface area contributed by atoms with Gasteiger partial charge >= 0.3 is 0 Å². The fourth-order valence-corrected chi connectivity index (χ4v) is 1.85. The molecule has 0 aliphatic carbocycles. The van der Waals surface area contributed by atoms with E-state index in [0.717, 1.165) is 5.56 Å². The summed E-state index contributed by atoms with van der Waals surface area (Å²) in [5, 5.41) is 3.74. The van der Waals surface area contributed by atoms with E-state index in [0.29, 0.717) is 11.3 Å². The van der Waals surface area contributed by atoms with Gasteiger partial charge in [-0.2, -0.15) is 0 Å². The first-order chi connectivity index (χ1) is 10.2. The minimum atomic E-state index is -2.54. The Morgan fingerprint density at radius 3 is 2.57 bits per heavy atom. The van der Waals surface area contributed by atoms with Crippen LogP contribution in [-0.4, -0.2) is 13.3 Å². The van der Waals surface area contributed by atoms with E-state index in [9.17, 15) is 8.78 Å². The Hall–Kier alpha value is -2.43. The highest BCUT2D eigenvalue weighted by atomic mass is 19.3. The third-order valence-corrected chi connectivity index (χ3v) is 2.91. The van der Waals surface area contributed by atoms with Crippen molar-refractivity contribution in [3.8, 4) is 5.75 Å². The Bertz CT molecular complexity index is 615. The molecule has 0 amide bonds. The molecule has 0 atom stereocenters. The summed E-state index contributed by atoms with van der Waals surface area (Å²) >= 11 is 0. The Labute approximate surface area is 121 Å². The molecule has 0 aliphatic rings. The summed E-state index contributed by atoms with van der Waals surface area (Å²) < 4.78 is 30.7. The van der Waals surface area contributed by atoms with Gasteiger partial charge in [-0.15, -0.1) is 0 Å². The lowest BCUT2D eigenvalue weighted by Crippen LogP contribution is -1.95. The van der Waals surface area contributed by atoms with Crippen molar-refractivity contribution in [2.75, 3.05) is 7.11 Å². The lowest BCUT2D eigenvalue weighted by atomic mass is 10.1. The standard InChI is InChI=1S/C16H15F2NO2/c1-20-15-9-5-3-7-13(15)11-21-19-10-12-6-2-4-8-14(12)16(17)18/h2-10,16H,11H2,1H3. The van der Waals surface area contributed by atoms with Gasteiger partial charge in [0, 0.05) is 16.7 Å². The van der Waals surface area contributed by atoms with E-state index in [1.807, 2.05) is 24.3 Å². The van der Waals surface area contributed by atoms with Crippen LogP contribution in [0.2, 0.25) is 0 Å². The molecule has 2 aromatic rings. The largest absolute Gasteiger partial charge is 0.496 e. The van der Waals surface area contributed by atoms with Gasteiger partial charge in [-0.25, -0.2) is 8.78 Å². The Balaban J connectivity index is 2.00. The second kappa shape index (κ2) is 7.38. The number of nitrogens with zero attached hydrogens (tertiary/aromatic N) is 1. The SMILES string of the molecule is COc1ccccc1CON=Cc1ccccc1C(F)F. The van der Waals surface area contributed by atoms with Crippen molar-refractivity contribution in [3.05, 3.63) is 65.2 Å². The molecule has 110 valence electrons. The number of ether oxygens (including phenoxy) is 1. The molecule has 5 heteroatoms. The van der Waals surface area contributed by atoms with Gasteiger partial charge < -0.3 is 9.57 Å². The van der Waals surface area contributed by atoms with Gasteiger partial charge in [-0.3, -0.25) is 0 Å². The van der Waals surface area contributed by atoms with Gasteiger partial charge in [-0.05, 0) is 6.07 Å². The highest BCUT2D eigenvalue weighted by Crippen LogP contribution is 2.21. The lowest BCUT2D eigenvalue weighted by molar-refractivity contribution is 0.129. The molecule has 0 spiro atoms. The van der Waals surface area contributed by atoms with Crippen molar-refractivity contribution in [3.63, 3.8) is 0 Å². The average Bonchev–Trinajstić information content (AvgIpc) is 2.52. The number of para-hydroxylation sites is 1. The maximum absolute atomic E-state index is 12.8. The first-order valence-corrected chi connectivity index (χ1v) is 6.36. The monoisotopic (exact) mass is 291 g/mol. The molecule has 2 aromatic carbocycles. The van der Waals surface area contributed by atoms with Crippen molar-refractivity contribution < 1.29 is 18.4 Å². The van der Waals surface area contributed by atoms with Gasteiger partial charge in [0.05, 0.1) is 13.3 Å². The Morgan fingerprint density at radius 2 is 1.81 bits per heavy atom. The number of hydrogen-bond donors (Lipinski definition) is 0. The third-order valence-electron chi connectivity index (χ3n) is 2.91. The van der Waals surface area contributed by atoms with Crippen molar-refractivity contribution >= 4 is 6.21 Å². The minimum absolute atomic E-state index is 0.0675. The van der Waals surface area contributed by atoms with E-state index < -0.39 is 6.43 Å². The molecule has 0 unspecified atom stereocenters. The average molecular weight is 291 g/mol. The van der Waals surface area contributed by atoms with Crippen LogP contribution >= 0.6 is 0 Å². The molecule has 0 heterocycles. The molecular weight excluding hydrogens is 276 g/mol. The quantitative estimate of drug-likeness (QED) is 0.590. The predicted molar refractivity (Wildman–Crippen MR) is 76.8 cm³/mol. The number of oxime groups is 1. The second-order valence-electron chi connectivity index (χ2n) is 4.25. The van der Waals surface area contributed by atoms with Crippen LogP contribution in [0.5, 0.6) is 5.75 Å². The molecule has 2 rings (SSSR count). The van der Waals surface area contributed by atoms with Crippen LogP contribution in [0.25, 0.3) is 0 Å². The summed E-state index contributed by atoms with van der Waals surface area (Å²) in [7, 11) is 1.57. The summed E-state index contributed by atoms with van der Waals surface area (Å²) in [6.45, 7) is 0.206. The van der Waals surface area contributed by atoms with Crippen LogP contribution in [0, 0.1) is 0 Å². The summed E-state index contributed by atoms with van der Waals surface area (Å²) in [6, 6.07) is 13.5. The van der Waals surface area contributed by atoms with Crippen molar-refractivity contribution in [2.24, 2.45) is 5.16 Å². The molecule has 0 bridgehead atoms. The fourth-order valence-electron chi connectivity index (χ4n) is 1.85. The predicted octanol–water partition coefficient (Wildman–Crippen LogP) is 4.18. The normalized spacial score (nSPS) is 11.0. The first-order valence-electron chi connectivity index (χ1n) is 6.36. The molecule has 21 heavy (non-hydrogen) atoms. The maximum atomic E-state index is 12.8. The van der Waals surface area contributed by atoms with Gasteiger partial charge in [-0.1, -0.05) is 47.6 Å². The number of alkyl halides is 2. The first kappa shape index (κ1) is 15.0. The maximum Gasteiger partial charge on any atom is 0.264 e. The summed E-state index contributed by atoms with van der Waals surface area (Å²) in [4.78, 5) is 5.15. The molecule has 0 aromatic heterocycles. The van der Waals surface area contributed by atoms with E-state index in [1.165, 1.54) is 12.3 Å². The number of halogens is 2. The summed E-state index contributed by atoms with van der Waals surface area (Å²) in [5.74, 6) is 0.695. The van der Waals surface area contributed by atoms with Crippen molar-refractivity contribution in [2.45, 2.75) is 13.0 Å². The van der Waals surface area contributed by atoms with Crippen LogP contribution in [0.3, 0.4) is 0 Å². The Morgan fingerprint density at radius 1 is 1.10 bits per heavy atom. The zero-order chi connectivity index (χ0) is 15.1. The lowest BCUT2D eigenvalue weighted by Gasteiger charge is -2.06. The van der Waals surface area contributed by atoms with E-state index in [4.69, 9.17) is 9.57 Å². The molecule has 0 radical (unpaired) electrons. The molecule has 0 aliphatic heterocycles. The van der Waals surface area contributed by atoms with Crippen LogP contribution < -0.4 is 4.74 Å². The number of methoxy groups -OCH3 is 1.